The molecule has 1 fully saturated rings. The fraction of sp³-hybridized carbons (Fsp3) is 0.200. The van der Waals surface area contributed by atoms with Gasteiger partial charge in [-0.2, -0.15) is 5.06 Å². The number of amides is 4. The Morgan fingerprint density at radius 3 is 2.23 bits per heavy atom. The molecule has 0 saturated carbocycles. The van der Waals surface area contributed by atoms with E-state index in [0.717, 1.165) is 9.96 Å². The van der Waals surface area contributed by atoms with E-state index in [1.807, 2.05) is 0 Å². The number of hydrogen-bond donors (Lipinski definition) is 0. The van der Waals surface area contributed by atoms with Crippen LogP contribution in [-0.4, -0.2) is 28.7 Å². The molecule has 7 nitrogen and oxygen atoms in total. The Morgan fingerprint density at radius 1 is 0.955 bits per heavy atom. The van der Waals surface area contributed by atoms with Gasteiger partial charge in [-0.25, -0.2) is 4.90 Å². The van der Waals surface area contributed by atoms with Crippen LogP contribution in [0.5, 0.6) is 0 Å². The third kappa shape index (κ3) is 2.53. The molecule has 7 heteroatoms. The highest BCUT2D eigenvalue weighted by Gasteiger charge is 2.30. The summed E-state index contributed by atoms with van der Waals surface area (Å²) < 4.78 is 0. The molecule has 0 spiro atoms. The molecule has 22 heavy (non-hydrogen) atoms. The molecule has 0 aliphatic carbocycles. The number of hydroxylamine groups is 2. The van der Waals surface area contributed by atoms with Crippen LogP contribution in [0.2, 0.25) is 0 Å². The zero-order chi connectivity index (χ0) is 15.7. The standard InChI is InChI=1S/C15H12N2O5/c18-12-4-5-13(19)16(12)11-3-1-2-10(8-11)9-22-17-14(20)6-7-15(17)21/h1-5,8H,6-7,9H2. The van der Waals surface area contributed by atoms with E-state index in [4.69, 9.17) is 4.84 Å². The van der Waals surface area contributed by atoms with Crippen LogP contribution >= 0.6 is 0 Å². The number of hydrogen-bond acceptors (Lipinski definition) is 5. The Morgan fingerprint density at radius 2 is 1.59 bits per heavy atom. The molecule has 0 N–H and O–H groups in total. The average Bonchev–Trinajstić information content (AvgIpc) is 3.00. The summed E-state index contributed by atoms with van der Waals surface area (Å²) in [6.07, 6.45) is 2.71. The summed E-state index contributed by atoms with van der Waals surface area (Å²) in [5, 5.41) is 0.764. The average molecular weight is 300 g/mol. The maximum Gasteiger partial charge on any atom is 0.258 e. The summed E-state index contributed by atoms with van der Waals surface area (Å²) >= 11 is 0. The van der Waals surface area contributed by atoms with Crippen molar-refractivity contribution < 1.29 is 24.0 Å². The Balaban J connectivity index is 1.72. The zero-order valence-corrected chi connectivity index (χ0v) is 11.5. The summed E-state index contributed by atoms with van der Waals surface area (Å²) in [6.45, 7) is -0.00499. The Bertz CT molecular complexity index is 676. The smallest absolute Gasteiger partial charge is 0.258 e. The molecule has 4 amide bonds. The summed E-state index contributed by atoms with van der Waals surface area (Å²) in [5.41, 5.74) is 1.05. The number of benzene rings is 1. The van der Waals surface area contributed by atoms with E-state index < -0.39 is 11.8 Å². The molecule has 2 aliphatic rings. The third-order valence-electron chi connectivity index (χ3n) is 3.34. The summed E-state index contributed by atoms with van der Waals surface area (Å²) in [4.78, 5) is 52.4. The lowest BCUT2D eigenvalue weighted by atomic mass is 10.2. The maximum absolute atomic E-state index is 11.6. The lowest BCUT2D eigenvalue weighted by Crippen LogP contribution is -2.30. The zero-order valence-electron chi connectivity index (χ0n) is 11.5. The minimum absolute atomic E-state index is 0.00499. The molecule has 0 bridgehead atoms. The molecular formula is C15H12N2O5. The first-order valence-electron chi connectivity index (χ1n) is 6.70. The monoisotopic (exact) mass is 300 g/mol. The number of carbonyl (C=O) groups excluding carboxylic acids is 4. The van der Waals surface area contributed by atoms with Crippen LogP contribution < -0.4 is 4.90 Å². The van der Waals surface area contributed by atoms with Gasteiger partial charge in [-0.05, 0) is 17.7 Å². The Hall–Kier alpha value is -2.80. The van der Waals surface area contributed by atoms with Crippen molar-refractivity contribution in [2.45, 2.75) is 19.4 Å². The van der Waals surface area contributed by atoms with E-state index in [0.29, 0.717) is 11.3 Å². The Labute approximate surface area is 125 Å². The highest BCUT2D eigenvalue weighted by Crippen LogP contribution is 2.21. The molecular weight excluding hydrogens is 288 g/mol. The van der Waals surface area contributed by atoms with Crippen molar-refractivity contribution >= 4 is 29.3 Å². The van der Waals surface area contributed by atoms with Crippen molar-refractivity contribution in [1.82, 2.24) is 5.06 Å². The van der Waals surface area contributed by atoms with Gasteiger partial charge in [0.05, 0.1) is 5.69 Å². The maximum atomic E-state index is 11.6. The lowest BCUT2D eigenvalue weighted by Gasteiger charge is -2.16. The molecule has 112 valence electrons. The normalized spacial score (nSPS) is 18.0. The van der Waals surface area contributed by atoms with Gasteiger partial charge >= 0.3 is 0 Å². The van der Waals surface area contributed by atoms with Crippen LogP contribution in [0.15, 0.2) is 36.4 Å². The van der Waals surface area contributed by atoms with Gasteiger partial charge in [0.15, 0.2) is 0 Å². The summed E-state index contributed by atoms with van der Waals surface area (Å²) in [7, 11) is 0. The second-order valence-electron chi connectivity index (χ2n) is 4.87. The highest BCUT2D eigenvalue weighted by atomic mass is 16.7. The number of carbonyl (C=O) groups is 4. The van der Waals surface area contributed by atoms with Crippen molar-refractivity contribution in [3.05, 3.63) is 42.0 Å². The molecule has 1 aromatic rings. The first kappa shape index (κ1) is 14.2. The van der Waals surface area contributed by atoms with Crippen LogP contribution in [0, 0.1) is 0 Å². The number of imide groups is 2. The highest BCUT2D eigenvalue weighted by molar-refractivity contribution is 6.28. The summed E-state index contributed by atoms with van der Waals surface area (Å²) in [5.74, 6) is -1.55. The van der Waals surface area contributed by atoms with Crippen molar-refractivity contribution in [2.75, 3.05) is 4.90 Å². The molecule has 0 radical (unpaired) electrons. The SMILES string of the molecule is O=C1CCC(=O)N1OCc1cccc(N2C(=O)C=CC2=O)c1. The largest absolute Gasteiger partial charge is 0.272 e. The van der Waals surface area contributed by atoms with E-state index in [-0.39, 0.29) is 31.3 Å². The molecule has 0 aromatic heterocycles. The first-order valence-corrected chi connectivity index (χ1v) is 6.70. The van der Waals surface area contributed by atoms with E-state index in [1.165, 1.54) is 12.2 Å². The topological polar surface area (TPSA) is 84.0 Å². The van der Waals surface area contributed by atoms with Gasteiger partial charge in [0, 0.05) is 25.0 Å². The minimum atomic E-state index is -0.409. The van der Waals surface area contributed by atoms with E-state index in [1.54, 1.807) is 24.3 Å². The second kappa shape index (κ2) is 5.53. The fourth-order valence-corrected chi connectivity index (χ4v) is 2.28. The quantitative estimate of drug-likeness (QED) is 0.764. The Kier molecular flexibility index (Phi) is 3.56. The first-order chi connectivity index (χ1) is 10.6. The van der Waals surface area contributed by atoms with Gasteiger partial charge in [-0.3, -0.25) is 24.0 Å². The molecule has 1 aromatic carbocycles. The number of rotatable bonds is 4. The van der Waals surface area contributed by atoms with Crippen LogP contribution in [0.1, 0.15) is 18.4 Å². The fourth-order valence-electron chi connectivity index (χ4n) is 2.28. The number of nitrogens with zero attached hydrogens (tertiary/aromatic N) is 2. The van der Waals surface area contributed by atoms with Crippen molar-refractivity contribution in [3.8, 4) is 0 Å². The van der Waals surface area contributed by atoms with E-state index in [9.17, 15) is 19.2 Å². The predicted octanol–water partition coefficient (Wildman–Crippen LogP) is 0.697. The van der Waals surface area contributed by atoms with Crippen LogP contribution in [0.4, 0.5) is 5.69 Å². The summed E-state index contributed by atoms with van der Waals surface area (Å²) in [6, 6.07) is 6.61. The molecule has 1 saturated heterocycles. The molecule has 2 heterocycles. The molecule has 0 unspecified atom stereocenters. The van der Waals surface area contributed by atoms with Crippen LogP contribution in [0.3, 0.4) is 0 Å². The lowest BCUT2D eigenvalue weighted by molar-refractivity contribution is -0.191. The van der Waals surface area contributed by atoms with Crippen molar-refractivity contribution in [1.29, 1.82) is 0 Å². The van der Waals surface area contributed by atoms with Gasteiger partial charge in [-0.1, -0.05) is 12.1 Å². The predicted molar refractivity (Wildman–Crippen MR) is 74.0 cm³/mol. The minimum Gasteiger partial charge on any atom is -0.272 e. The van der Waals surface area contributed by atoms with Gasteiger partial charge < -0.3 is 0 Å². The molecule has 2 aliphatic heterocycles. The van der Waals surface area contributed by atoms with Gasteiger partial charge in [0.1, 0.15) is 6.61 Å². The van der Waals surface area contributed by atoms with E-state index in [2.05, 4.69) is 0 Å². The van der Waals surface area contributed by atoms with Crippen LogP contribution in [0.25, 0.3) is 0 Å². The van der Waals surface area contributed by atoms with Crippen LogP contribution in [-0.2, 0) is 30.6 Å². The molecule has 0 atom stereocenters. The van der Waals surface area contributed by atoms with Crippen molar-refractivity contribution in [3.63, 3.8) is 0 Å². The molecule has 3 rings (SSSR count). The van der Waals surface area contributed by atoms with Gasteiger partial charge in [0.25, 0.3) is 23.6 Å². The number of anilines is 1. The second-order valence-corrected chi connectivity index (χ2v) is 4.87. The van der Waals surface area contributed by atoms with Gasteiger partial charge in [0.2, 0.25) is 0 Å². The van der Waals surface area contributed by atoms with Gasteiger partial charge in [-0.15, -0.1) is 0 Å². The van der Waals surface area contributed by atoms with E-state index >= 15 is 0 Å². The van der Waals surface area contributed by atoms with Crippen molar-refractivity contribution in [2.24, 2.45) is 0 Å². The third-order valence-corrected chi connectivity index (χ3v) is 3.34.